The van der Waals surface area contributed by atoms with Crippen molar-refractivity contribution in [3.8, 4) is 0 Å². The maximum Gasteiger partial charge on any atom is 0.222 e. The van der Waals surface area contributed by atoms with Gasteiger partial charge in [0, 0.05) is 70.2 Å². The molecule has 1 aromatic rings. The first kappa shape index (κ1) is 23.7. The van der Waals surface area contributed by atoms with E-state index in [-0.39, 0.29) is 63.1 Å². The van der Waals surface area contributed by atoms with E-state index in [4.69, 9.17) is 11.6 Å². The molecule has 0 radical (unpaired) electrons. The molecule has 5 nitrogen and oxygen atoms in total. The Morgan fingerprint density at radius 2 is 1.83 bits per heavy atom. The molecule has 1 atom stereocenters. The second-order valence-corrected chi connectivity index (χ2v) is 5.40. The number of hydrogen-bond acceptors (Lipinski definition) is 4. The fourth-order valence-electron chi connectivity index (χ4n) is 1.02. The van der Waals surface area contributed by atoms with Crippen molar-refractivity contribution in [1.29, 1.82) is 0 Å². The zero-order valence-corrected chi connectivity index (χ0v) is 14.6. The maximum absolute atomic E-state index is 12.1. The molecule has 0 aromatic carbocycles. The van der Waals surface area contributed by atoms with Gasteiger partial charge in [-0.1, -0.05) is 6.92 Å². The van der Waals surface area contributed by atoms with Crippen molar-refractivity contribution in [3.63, 3.8) is 0 Å². The van der Waals surface area contributed by atoms with Gasteiger partial charge < -0.3 is 9.16 Å². The second-order valence-electron chi connectivity index (χ2n) is 2.71. The molecule has 0 saturated carbocycles. The van der Waals surface area contributed by atoms with Gasteiger partial charge in [-0.05, 0) is 18.0 Å². The Hall–Kier alpha value is 0.587. The average Bonchev–Trinajstić information content (AvgIpc) is 2.19. The minimum Gasteiger partial charge on any atom is -0.517 e. The predicted octanol–water partition coefficient (Wildman–Crippen LogP) is 1.43. The maximum atomic E-state index is 12.1. The van der Waals surface area contributed by atoms with Crippen LogP contribution in [0, 0.1) is 0 Å². The summed E-state index contributed by atoms with van der Waals surface area (Å²) in [6, 6.07) is 0. The topological polar surface area (TPSA) is 72.3 Å². The number of aromatic nitrogens is 2. The molecule has 0 aliphatic carbocycles. The minimum atomic E-state index is -2.77. The Balaban J connectivity index is -0.000000750. The molecule has 0 N–H and O–H groups in total. The minimum absolute atomic E-state index is 0. The first-order chi connectivity index (χ1) is 7.12. The fourth-order valence-corrected chi connectivity index (χ4v) is 2.66. The normalized spacial score (nSPS) is 11.9. The van der Waals surface area contributed by atoms with Crippen LogP contribution in [0.3, 0.4) is 0 Å². The molecule has 1 rings (SSSR count). The molecular formula is C8H9ClCr3N3O2S-. The molecule has 0 fully saturated rings. The molecule has 1 aromatic heterocycles. The predicted molar refractivity (Wildman–Crippen MR) is 56.7 cm³/mol. The van der Waals surface area contributed by atoms with Crippen LogP contribution in [0.15, 0.2) is 21.7 Å². The van der Waals surface area contributed by atoms with E-state index in [0.29, 0.717) is 11.3 Å². The molecule has 0 spiro atoms. The largest absolute Gasteiger partial charge is 0.517 e. The Morgan fingerprint density at radius 1 is 1.33 bits per heavy atom. The van der Waals surface area contributed by atoms with Crippen molar-refractivity contribution in [2.45, 2.75) is 18.2 Å². The van der Waals surface area contributed by atoms with Crippen molar-refractivity contribution < 1.29 is 61.1 Å². The van der Waals surface area contributed by atoms with Crippen LogP contribution in [0.1, 0.15) is 13.3 Å². The van der Waals surface area contributed by atoms with Crippen molar-refractivity contribution in [2.75, 3.05) is 5.75 Å². The average molecular weight is 403 g/mol. The van der Waals surface area contributed by atoms with Crippen LogP contribution in [0.4, 0.5) is 0 Å². The van der Waals surface area contributed by atoms with Crippen LogP contribution in [0.5, 0.6) is 0 Å². The number of halogens is 1. The van der Waals surface area contributed by atoms with Crippen LogP contribution >= 0.6 is 11.6 Å². The molecule has 0 aliphatic heterocycles. The number of rotatable bonds is 4. The quantitative estimate of drug-likeness (QED) is 0.564. The van der Waals surface area contributed by atoms with Crippen LogP contribution in [0.2, 0.25) is 5.28 Å². The molecule has 1 unspecified atom stereocenters. The van der Waals surface area contributed by atoms with Gasteiger partial charge in [-0.15, -0.1) is 6.41 Å². The summed E-state index contributed by atoms with van der Waals surface area (Å²) in [7, 11) is -2.77. The van der Waals surface area contributed by atoms with Crippen LogP contribution in [0.25, 0.3) is 0 Å². The molecule has 0 aliphatic rings. The molecule has 0 saturated heterocycles. The Bertz CT molecular complexity index is 463. The van der Waals surface area contributed by atoms with E-state index >= 15 is 0 Å². The second kappa shape index (κ2) is 11.4. The SMILES string of the molecule is CCCS(=O)(=N[C-]=O)c1cnc(Cl)nc1.[Cr].[Cr].[Cr]. The molecule has 10 heteroatoms. The zero-order valence-electron chi connectivity index (χ0n) is 9.24. The molecule has 1 heterocycles. The molecular weight excluding hydrogens is 394 g/mol. The molecule has 1 amide bonds. The number of hydrogen-bond donors (Lipinski definition) is 0. The van der Waals surface area contributed by atoms with Crippen molar-refractivity contribution in [1.82, 2.24) is 9.97 Å². The van der Waals surface area contributed by atoms with Gasteiger partial charge in [-0.3, -0.25) is 0 Å². The van der Waals surface area contributed by atoms with Crippen molar-refractivity contribution in [2.24, 2.45) is 4.36 Å². The van der Waals surface area contributed by atoms with Gasteiger partial charge >= 0.3 is 0 Å². The van der Waals surface area contributed by atoms with E-state index in [1.165, 1.54) is 18.8 Å². The summed E-state index contributed by atoms with van der Waals surface area (Å²) < 4.78 is 15.5. The smallest absolute Gasteiger partial charge is 0.222 e. The summed E-state index contributed by atoms with van der Waals surface area (Å²) in [4.78, 5) is 17.9. The summed E-state index contributed by atoms with van der Waals surface area (Å²) in [6.07, 6.45) is 4.58. The van der Waals surface area contributed by atoms with Crippen molar-refractivity contribution >= 4 is 27.7 Å². The summed E-state index contributed by atoms with van der Waals surface area (Å²) in [5.41, 5.74) is 0. The molecule has 0 bridgehead atoms. The van der Waals surface area contributed by atoms with Crippen molar-refractivity contribution in [3.05, 3.63) is 17.7 Å². The van der Waals surface area contributed by atoms with Gasteiger partial charge in [0.1, 0.15) is 0 Å². The number of nitrogens with zero attached hydrogens (tertiary/aromatic N) is 3. The van der Waals surface area contributed by atoms with E-state index in [0.717, 1.165) is 0 Å². The Kier molecular flexibility index (Phi) is 15.0. The molecule has 100 valence electrons. The number of amides is 1. The number of carbonyl (C=O) groups excluding carboxylic acids is 1. The third-order valence-corrected chi connectivity index (χ3v) is 4.10. The van der Waals surface area contributed by atoms with E-state index in [1.807, 2.05) is 6.92 Å². The Labute approximate surface area is 144 Å². The molecule has 18 heavy (non-hydrogen) atoms. The summed E-state index contributed by atoms with van der Waals surface area (Å²) in [6.45, 7) is 1.84. The van der Waals surface area contributed by atoms with Gasteiger partial charge in [-0.2, -0.15) is 0 Å². The fraction of sp³-hybridized carbons (Fsp3) is 0.375. The third kappa shape index (κ3) is 6.67. The monoisotopic (exact) mass is 402 g/mol. The van der Waals surface area contributed by atoms with Gasteiger partial charge in [0.05, 0.1) is 14.6 Å². The van der Waals surface area contributed by atoms with E-state index in [1.54, 1.807) is 0 Å². The Morgan fingerprint density at radius 3 is 2.22 bits per heavy atom. The van der Waals surface area contributed by atoms with E-state index in [2.05, 4.69) is 14.3 Å². The van der Waals surface area contributed by atoms with Gasteiger partial charge in [0.2, 0.25) is 5.28 Å². The first-order valence-electron chi connectivity index (χ1n) is 4.21. The summed E-state index contributed by atoms with van der Waals surface area (Å²) in [5, 5.41) is 0.0621. The standard InChI is InChI=1S/C8H9ClN3O2S.3Cr/c1-2-3-15(14,12-6-13)7-4-10-8(9)11-5-7;;;/h4-5H,2-3H2,1H3;;;/q-1;;;. The zero-order chi connectivity index (χ0) is 11.3. The third-order valence-electron chi connectivity index (χ3n) is 1.63. The van der Waals surface area contributed by atoms with Crippen LogP contribution < -0.4 is 0 Å². The van der Waals surface area contributed by atoms with Gasteiger partial charge in [-0.25, -0.2) is 14.2 Å². The van der Waals surface area contributed by atoms with Gasteiger partial charge in [0.25, 0.3) is 0 Å². The summed E-state index contributed by atoms with van der Waals surface area (Å²) >= 11 is 5.49. The van der Waals surface area contributed by atoms with Crippen LogP contribution in [-0.4, -0.2) is 26.3 Å². The van der Waals surface area contributed by atoms with Crippen LogP contribution in [-0.2, 0) is 66.6 Å². The van der Waals surface area contributed by atoms with E-state index in [9.17, 15) is 9.00 Å². The first-order valence-corrected chi connectivity index (χ1v) is 6.27. The van der Waals surface area contributed by atoms with Gasteiger partial charge in [0.15, 0.2) is 0 Å². The van der Waals surface area contributed by atoms with E-state index < -0.39 is 9.73 Å². The summed E-state index contributed by atoms with van der Waals surface area (Å²) in [5.74, 6) is 0.271.